The highest BCUT2D eigenvalue weighted by Crippen LogP contribution is 2.33. The van der Waals surface area contributed by atoms with Crippen molar-refractivity contribution in [2.75, 3.05) is 5.73 Å². The Morgan fingerprint density at radius 2 is 1.90 bits per heavy atom. The molecule has 0 saturated heterocycles. The van der Waals surface area contributed by atoms with Crippen LogP contribution in [0.3, 0.4) is 0 Å². The summed E-state index contributed by atoms with van der Waals surface area (Å²) in [5.41, 5.74) is 6.66. The molecule has 6 heteroatoms. The van der Waals surface area contributed by atoms with Crippen LogP contribution in [0.4, 0.5) is 5.82 Å². The van der Waals surface area contributed by atoms with Gasteiger partial charge in [0, 0.05) is 17.6 Å². The second kappa shape index (κ2) is 5.87. The van der Waals surface area contributed by atoms with Gasteiger partial charge < -0.3 is 5.73 Å². The minimum Gasteiger partial charge on any atom is -0.384 e. The Labute approximate surface area is 131 Å². The Kier molecular flexibility index (Phi) is 3.94. The van der Waals surface area contributed by atoms with Crippen molar-refractivity contribution in [3.05, 3.63) is 53.4 Å². The highest BCUT2D eigenvalue weighted by atomic mass is 35.5. The van der Waals surface area contributed by atoms with Crippen molar-refractivity contribution >= 4 is 40.0 Å². The second-order valence-corrected chi connectivity index (χ2v) is 6.31. The molecule has 1 unspecified atom stereocenters. The van der Waals surface area contributed by atoms with Gasteiger partial charge in [-0.2, -0.15) is 0 Å². The molecule has 3 aromatic rings. The van der Waals surface area contributed by atoms with Gasteiger partial charge in [-0.1, -0.05) is 47.6 Å². The van der Waals surface area contributed by atoms with Crippen molar-refractivity contribution in [2.45, 2.75) is 17.3 Å². The first kappa shape index (κ1) is 14.1. The molecule has 0 fully saturated rings. The van der Waals surface area contributed by atoms with Crippen LogP contribution in [0, 0.1) is 0 Å². The third-order valence-corrected chi connectivity index (χ3v) is 4.23. The summed E-state index contributed by atoms with van der Waals surface area (Å²) in [6.07, 6.45) is 1.88. The van der Waals surface area contributed by atoms with Gasteiger partial charge in [-0.15, -0.1) is 0 Å². The predicted molar refractivity (Wildman–Crippen MR) is 87.5 cm³/mol. The van der Waals surface area contributed by atoms with E-state index in [9.17, 15) is 0 Å². The number of aromatic nitrogens is 3. The summed E-state index contributed by atoms with van der Waals surface area (Å²) in [6.45, 7) is 2.06. The summed E-state index contributed by atoms with van der Waals surface area (Å²) in [4.78, 5) is 12.9. The Bertz CT molecular complexity index is 773. The molecule has 1 aromatic carbocycles. The molecule has 2 heterocycles. The molecule has 1 atom stereocenters. The Morgan fingerprint density at radius 3 is 2.67 bits per heavy atom. The highest BCUT2D eigenvalue weighted by molar-refractivity contribution is 7.99. The van der Waals surface area contributed by atoms with Gasteiger partial charge in [0.05, 0.1) is 10.9 Å². The van der Waals surface area contributed by atoms with Gasteiger partial charge in [0.25, 0.3) is 0 Å². The molecule has 21 heavy (non-hydrogen) atoms. The van der Waals surface area contributed by atoms with E-state index in [0.717, 1.165) is 11.1 Å². The molecule has 0 aliphatic heterocycles. The summed E-state index contributed by atoms with van der Waals surface area (Å²) in [5, 5.41) is 3.31. The van der Waals surface area contributed by atoms with Gasteiger partial charge >= 0.3 is 0 Å². The van der Waals surface area contributed by atoms with Crippen LogP contribution in [0.1, 0.15) is 17.9 Å². The highest BCUT2D eigenvalue weighted by Gasteiger charge is 2.12. The summed E-state index contributed by atoms with van der Waals surface area (Å²) in [7, 11) is 0. The molecule has 0 bridgehead atoms. The lowest BCUT2D eigenvalue weighted by Crippen LogP contribution is -1.98. The topological polar surface area (TPSA) is 64.7 Å². The molecule has 4 nitrogen and oxygen atoms in total. The number of halogens is 1. The van der Waals surface area contributed by atoms with E-state index in [-0.39, 0.29) is 5.25 Å². The first-order valence-electron chi connectivity index (χ1n) is 6.43. The Hall–Kier alpha value is -1.85. The predicted octanol–water partition coefficient (Wildman–Crippen LogP) is 4.11. The van der Waals surface area contributed by atoms with Crippen molar-refractivity contribution in [2.24, 2.45) is 0 Å². The smallest absolute Gasteiger partial charge is 0.191 e. The zero-order chi connectivity index (χ0) is 14.8. The number of nitrogens with two attached hydrogens (primary N) is 1. The maximum atomic E-state index is 5.90. The van der Waals surface area contributed by atoms with Crippen molar-refractivity contribution < 1.29 is 0 Å². The molecule has 0 amide bonds. The number of anilines is 1. The van der Waals surface area contributed by atoms with Gasteiger partial charge in [0.1, 0.15) is 11.0 Å². The summed E-state index contributed by atoms with van der Waals surface area (Å²) in [5.74, 6) is 0.371. The van der Waals surface area contributed by atoms with Crippen molar-refractivity contribution in [1.29, 1.82) is 0 Å². The van der Waals surface area contributed by atoms with Crippen LogP contribution >= 0.6 is 23.4 Å². The van der Waals surface area contributed by atoms with Crippen LogP contribution < -0.4 is 5.73 Å². The number of benzene rings is 1. The van der Waals surface area contributed by atoms with Crippen LogP contribution in [-0.4, -0.2) is 15.0 Å². The number of rotatable bonds is 3. The van der Waals surface area contributed by atoms with Crippen molar-refractivity contribution in [1.82, 2.24) is 15.0 Å². The molecule has 0 aliphatic carbocycles. The van der Waals surface area contributed by atoms with Gasteiger partial charge in [0.2, 0.25) is 0 Å². The molecule has 2 aromatic heterocycles. The van der Waals surface area contributed by atoms with E-state index >= 15 is 0 Å². The normalized spacial score (nSPS) is 12.5. The molecular formula is C15H13ClN4S. The quantitative estimate of drug-likeness (QED) is 0.447. The molecule has 0 saturated carbocycles. The Morgan fingerprint density at radius 1 is 1.14 bits per heavy atom. The third kappa shape index (κ3) is 3.25. The first-order valence-corrected chi connectivity index (χ1v) is 7.69. The van der Waals surface area contributed by atoms with Crippen LogP contribution in [0.15, 0.2) is 47.8 Å². The lowest BCUT2D eigenvalue weighted by atomic mass is 10.1. The summed E-state index contributed by atoms with van der Waals surface area (Å²) >= 11 is 7.38. The average molecular weight is 317 g/mol. The number of nitrogen functional groups attached to an aromatic ring is 1. The average Bonchev–Trinajstić information content (AvgIpc) is 2.45. The standard InChI is InChI=1S/C15H13ClN4S/c1-9(21-15-19-13(16)7-14(17)20-15)12-6-10-4-2-3-5-11(10)8-18-12/h2-9H,1H3,(H2,17,19,20). The molecule has 106 valence electrons. The summed E-state index contributed by atoms with van der Waals surface area (Å²) < 4.78 is 0. The van der Waals surface area contributed by atoms with E-state index in [1.807, 2.05) is 24.4 Å². The molecular weight excluding hydrogens is 304 g/mol. The van der Waals surface area contributed by atoms with Gasteiger partial charge in [-0.25, -0.2) is 9.97 Å². The van der Waals surface area contributed by atoms with Crippen LogP contribution in [-0.2, 0) is 0 Å². The van der Waals surface area contributed by atoms with E-state index in [1.54, 1.807) is 0 Å². The number of hydrogen-bond donors (Lipinski definition) is 1. The number of pyridine rings is 1. The second-order valence-electron chi connectivity index (χ2n) is 4.61. The largest absolute Gasteiger partial charge is 0.384 e. The van der Waals surface area contributed by atoms with Crippen LogP contribution in [0.5, 0.6) is 0 Å². The lowest BCUT2D eigenvalue weighted by Gasteiger charge is -2.11. The Balaban J connectivity index is 1.87. The van der Waals surface area contributed by atoms with Gasteiger partial charge in [-0.05, 0) is 18.4 Å². The maximum absolute atomic E-state index is 5.90. The number of hydrogen-bond acceptors (Lipinski definition) is 5. The zero-order valence-corrected chi connectivity index (χ0v) is 12.9. The van der Waals surface area contributed by atoms with Gasteiger partial charge in [0.15, 0.2) is 5.16 Å². The lowest BCUT2D eigenvalue weighted by molar-refractivity contribution is 0.947. The number of fused-ring (bicyclic) bond motifs is 1. The number of thioether (sulfide) groups is 1. The molecule has 0 spiro atoms. The fourth-order valence-electron chi connectivity index (χ4n) is 2.01. The molecule has 0 radical (unpaired) electrons. The van der Waals surface area contributed by atoms with Crippen LogP contribution in [0.2, 0.25) is 5.15 Å². The first-order chi connectivity index (χ1) is 10.1. The third-order valence-electron chi connectivity index (χ3n) is 3.04. The van der Waals surface area contributed by atoms with E-state index in [0.29, 0.717) is 16.1 Å². The molecule has 2 N–H and O–H groups in total. The number of nitrogens with zero attached hydrogens (tertiary/aromatic N) is 3. The SMILES string of the molecule is CC(Sc1nc(N)cc(Cl)n1)c1cc2ccccc2cn1. The minimum absolute atomic E-state index is 0.104. The fraction of sp³-hybridized carbons (Fsp3) is 0.133. The summed E-state index contributed by atoms with van der Waals surface area (Å²) in [6, 6.07) is 11.8. The monoisotopic (exact) mass is 316 g/mol. The molecule has 3 rings (SSSR count). The molecule has 0 aliphatic rings. The van der Waals surface area contributed by atoms with E-state index in [2.05, 4.69) is 34.0 Å². The van der Waals surface area contributed by atoms with Crippen molar-refractivity contribution in [3.8, 4) is 0 Å². The minimum atomic E-state index is 0.104. The zero-order valence-electron chi connectivity index (χ0n) is 11.3. The van der Waals surface area contributed by atoms with E-state index < -0.39 is 0 Å². The van der Waals surface area contributed by atoms with Crippen LogP contribution in [0.25, 0.3) is 10.8 Å². The van der Waals surface area contributed by atoms with Crippen molar-refractivity contribution in [3.63, 3.8) is 0 Å². The van der Waals surface area contributed by atoms with E-state index in [1.165, 1.54) is 23.2 Å². The fourth-order valence-corrected chi connectivity index (χ4v) is 3.12. The van der Waals surface area contributed by atoms with Gasteiger partial charge in [-0.3, -0.25) is 4.98 Å². The maximum Gasteiger partial charge on any atom is 0.191 e. The van der Waals surface area contributed by atoms with E-state index in [4.69, 9.17) is 17.3 Å².